The lowest BCUT2D eigenvalue weighted by Crippen LogP contribution is -2.10. The van der Waals surface area contributed by atoms with E-state index < -0.39 is 0 Å². The molecule has 0 aliphatic heterocycles. The number of nitrogens with zero attached hydrogens (tertiary/aromatic N) is 3. The van der Waals surface area contributed by atoms with Crippen molar-refractivity contribution in [1.29, 1.82) is 0 Å². The SMILES string of the molecule is CSc1nc2c(nc(-c3ccc(Cl)cc3)n2-c2ccccc2)c(=O)[nH]1. The van der Waals surface area contributed by atoms with E-state index in [2.05, 4.69) is 15.0 Å². The van der Waals surface area contributed by atoms with Gasteiger partial charge in [-0.1, -0.05) is 41.6 Å². The Morgan fingerprint density at radius 3 is 2.44 bits per heavy atom. The highest BCUT2D eigenvalue weighted by Crippen LogP contribution is 2.27. The molecule has 0 unspecified atom stereocenters. The predicted molar refractivity (Wildman–Crippen MR) is 102 cm³/mol. The number of rotatable bonds is 3. The minimum absolute atomic E-state index is 0.251. The van der Waals surface area contributed by atoms with Crippen LogP contribution in [0.4, 0.5) is 0 Å². The van der Waals surface area contributed by atoms with Crippen molar-refractivity contribution in [3.63, 3.8) is 0 Å². The first kappa shape index (κ1) is 15.9. The van der Waals surface area contributed by atoms with Gasteiger partial charge in [0.05, 0.1) is 0 Å². The summed E-state index contributed by atoms with van der Waals surface area (Å²) in [5.41, 5.74) is 2.34. The first-order valence-corrected chi connectivity index (χ1v) is 9.16. The minimum atomic E-state index is -0.251. The summed E-state index contributed by atoms with van der Waals surface area (Å²) < 4.78 is 1.90. The van der Waals surface area contributed by atoms with E-state index in [0.29, 0.717) is 27.2 Å². The van der Waals surface area contributed by atoms with Crippen molar-refractivity contribution in [3.05, 3.63) is 70.0 Å². The van der Waals surface area contributed by atoms with Crippen molar-refractivity contribution >= 4 is 34.5 Å². The standard InChI is InChI=1S/C18H13ClN4OS/c1-25-18-21-16-14(17(24)22-18)20-15(11-7-9-12(19)10-8-11)23(16)13-5-3-2-4-6-13/h2-10H,1H3,(H,21,22,24). The highest BCUT2D eigenvalue weighted by Gasteiger charge is 2.18. The van der Waals surface area contributed by atoms with Crippen molar-refractivity contribution < 1.29 is 0 Å². The number of fused-ring (bicyclic) bond motifs is 1. The molecule has 2 aromatic carbocycles. The molecule has 0 bridgehead atoms. The van der Waals surface area contributed by atoms with Crippen molar-refractivity contribution in [2.45, 2.75) is 5.16 Å². The number of benzene rings is 2. The maximum atomic E-state index is 12.4. The van der Waals surface area contributed by atoms with Crippen LogP contribution in [0.15, 0.2) is 64.5 Å². The largest absolute Gasteiger partial charge is 0.299 e. The molecule has 4 rings (SSSR count). The van der Waals surface area contributed by atoms with Crippen LogP contribution in [0.1, 0.15) is 0 Å². The summed E-state index contributed by atoms with van der Waals surface area (Å²) in [6, 6.07) is 17.1. The zero-order valence-electron chi connectivity index (χ0n) is 13.2. The predicted octanol–water partition coefficient (Wildman–Crippen LogP) is 4.15. The number of H-pyrrole nitrogens is 1. The summed E-state index contributed by atoms with van der Waals surface area (Å²) in [5.74, 6) is 0.647. The first-order chi connectivity index (χ1) is 12.2. The maximum Gasteiger partial charge on any atom is 0.279 e. The van der Waals surface area contributed by atoms with Crippen LogP contribution in [0.5, 0.6) is 0 Å². The van der Waals surface area contributed by atoms with Gasteiger partial charge in [0.2, 0.25) is 0 Å². The van der Waals surface area contributed by atoms with Crippen molar-refractivity contribution in [1.82, 2.24) is 19.5 Å². The number of nitrogens with one attached hydrogen (secondary N) is 1. The highest BCUT2D eigenvalue weighted by molar-refractivity contribution is 7.98. The van der Waals surface area contributed by atoms with Gasteiger partial charge in [0.25, 0.3) is 5.56 Å². The molecule has 2 aromatic heterocycles. The Morgan fingerprint density at radius 2 is 1.76 bits per heavy atom. The molecule has 4 aromatic rings. The van der Waals surface area contributed by atoms with Gasteiger partial charge >= 0.3 is 0 Å². The van der Waals surface area contributed by atoms with Gasteiger partial charge < -0.3 is 0 Å². The number of hydrogen-bond donors (Lipinski definition) is 1. The maximum absolute atomic E-state index is 12.4. The Labute approximate surface area is 152 Å². The van der Waals surface area contributed by atoms with Crippen LogP contribution in [-0.4, -0.2) is 25.8 Å². The minimum Gasteiger partial charge on any atom is -0.299 e. The summed E-state index contributed by atoms with van der Waals surface area (Å²) in [7, 11) is 0. The van der Waals surface area contributed by atoms with Gasteiger partial charge in [0.1, 0.15) is 5.82 Å². The molecule has 0 amide bonds. The fourth-order valence-corrected chi connectivity index (χ4v) is 3.16. The number of halogens is 1. The van der Waals surface area contributed by atoms with Gasteiger partial charge in [-0.3, -0.25) is 14.3 Å². The molecule has 0 saturated heterocycles. The van der Waals surface area contributed by atoms with Crippen molar-refractivity contribution in [2.24, 2.45) is 0 Å². The average Bonchev–Trinajstić information content (AvgIpc) is 3.03. The number of aromatic amines is 1. The monoisotopic (exact) mass is 368 g/mol. The molecule has 0 aliphatic carbocycles. The van der Waals surface area contributed by atoms with Crippen LogP contribution in [0.3, 0.4) is 0 Å². The summed E-state index contributed by atoms with van der Waals surface area (Å²) in [6.45, 7) is 0. The topological polar surface area (TPSA) is 63.6 Å². The van der Waals surface area contributed by atoms with E-state index in [9.17, 15) is 4.79 Å². The smallest absolute Gasteiger partial charge is 0.279 e. The van der Waals surface area contributed by atoms with E-state index in [1.807, 2.05) is 53.3 Å². The van der Waals surface area contributed by atoms with Crippen LogP contribution >= 0.6 is 23.4 Å². The molecule has 124 valence electrons. The molecule has 2 heterocycles. The van der Waals surface area contributed by atoms with E-state index in [4.69, 9.17) is 11.6 Å². The summed E-state index contributed by atoms with van der Waals surface area (Å²) in [5, 5.41) is 1.20. The Balaban J connectivity index is 2.10. The lowest BCUT2D eigenvalue weighted by molar-refractivity contribution is 0.950. The molecule has 0 radical (unpaired) electrons. The molecule has 0 saturated carbocycles. The molecule has 5 nitrogen and oxygen atoms in total. The highest BCUT2D eigenvalue weighted by atomic mass is 35.5. The normalized spacial score (nSPS) is 11.1. The molecule has 0 spiro atoms. The fraction of sp³-hybridized carbons (Fsp3) is 0.0556. The third-order valence-corrected chi connectivity index (χ3v) is 4.64. The van der Waals surface area contributed by atoms with Gasteiger partial charge in [0, 0.05) is 16.3 Å². The number of imidazole rings is 1. The van der Waals surface area contributed by atoms with Gasteiger partial charge in [-0.25, -0.2) is 9.97 Å². The molecular formula is C18H13ClN4OS. The van der Waals surface area contributed by atoms with Gasteiger partial charge in [-0.2, -0.15) is 0 Å². The summed E-state index contributed by atoms with van der Waals surface area (Å²) >= 11 is 7.39. The van der Waals surface area contributed by atoms with E-state index in [1.165, 1.54) is 11.8 Å². The zero-order chi connectivity index (χ0) is 17.4. The van der Waals surface area contributed by atoms with Crippen molar-refractivity contribution in [3.8, 4) is 17.1 Å². The van der Waals surface area contributed by atoms with Crippen molar-refractivity contribution in [2.75, 3.05) is 6.26 Å². The fourth-order valence-electron chi connectivity index (χ4n) is 2.66. The molecule has 0 aliphatic rings. The van der Waals surface area contributed by atoms with Gasteiger partial charge in [-0.15, -0.1) is 0 Å². The Hall–Kier alpha value is -2.57. The second-order valence-corrected chi connectivity index (χ2v) is 6.59. The van der Waals surface area contributed by atoms with Crippen LogP contribution in [0.25, 0.3) is 28.2 Å². The van der Waals surface area contributed by atoms with Gasteiger partial charge in [0.15, 0.2) is 16.3 Å². The molecular weight excluding hydrogens is 356 g/mol. The van der Waals surface area contributed by atoms with Crippen LogP contribution in [-0.2, 0) is 0 Å². The Morgan fingerprint density at radius 1 is 1.04 bits per heavy atom. The number of hydrogen-bond acceptors (Lipinski definition) is 4. The number of para-hydroxylation sites is 1. The van der Waals surface area contributed by atoms with Crippen LogP contribution < -0.4 is 5.56 Å². The van der Waals surface area contributed by atoms with E-state index in [1.54, 1.807) is 12.1 Å². The van der Waals surface area contributed by atoms with Crippen LogP contribution in [0.2, 0.25) is 5.02 Å². The summed E-state index contributed by atoms with van der Waals surface area (Å²) in [6.07, 6.45) is 1.87. The molecule has 25 heavy (non-hydrogen) atoms. The quantitative estimate of drug-likeness (QED) is 0.436. The Bertz CT molecular complexity index is 1100. The lowest BCUT2D eigenvalue weighted by atomic mass is 10.2. The van der Waals surface area contributed by atoms with Gasteiger partial charge in [-0.05, 0) is 42.7 Å². The molecule has 0 fully saturated rings. The number of aromatic nitrogens is 4. The third-order valence-electron chi connectivity index (χ3n) is 3.81. The lowest BCUT2D eigenvalue weighted by Gasteiger charge is -2.09. The number of thioether (sulfide) groups is 1. The zero-order valence-corrected chi connectivity index (χ0v) is 14.8. The molecule has 7 heteroatoms. The third kappa shape index (κ3) is 2.83. The van der Waals surface area contributed by atoms with E-state index >= 15 is 0 Å². The first-order valence-electron chi connectivity index (χ1n) is 7.55. The second kappa shape index (κ2) is 6.38. The van der Waals surface area contributed by atoms with E-state index in [0.717, 1.165) is 11.3 Å². The summed E-state index contributed by atoms with van der Waals surface area (Å²) in [4.78, 5) is 24.3. The van der Waals surface area contributed by atoms with Crippen LogP contribution in [0, 0.1) is 0 Å². The van der Waals surface area contributed by atoms with E-state index in [-0.39, 0.29) is 5.56 Å². The average molecular weight is 369 g/mol. The molecule has 1 N–H and O–H groups in total. The second-order valence-electron chi connectivity index (χ2n) is 5.36. The Kier molecular flexibility index (Phi) is 4.07. The molecule has 0 atom stereocenters.